The molecule has 1 aliphatic carbocycles. The van der Waals surface area contributed by atoms with Gasteiger partial charge in [0.2, 0.25) is 16.9 Å². The third-order valence-electron chi connectivity index (χ3n) is 4.42. The second kappa shape index (κ2) is 8.33. The highest BCUT2D eigenvalue weighted by molar-refractivity contribution is 7.99. The van der Waals surface area contributed by atoms with Crippen LogP contribution in [0.5, 0.6) is 0 Å². The number of aromatic nitrogens is 3. The van der Waals surface area contributed by atoms with Gasteiger partial charge < -0.3 is 11.2 Å². The number of rotatable bonds is 6. The summed E-state index contributed by atoms with van der Waals surface area (Å²) in [5, 5.41) is 21.9. The molecule has 1 aromatic heterocycles. The zero-order valence-corrected chi connectivity index (χ0v) is 15.2. The summed E-state index contributed by atoms with van der Waals surface area (Å²) in [6.45, 7) is 0. The predicted octanol–water partition coefficient (Wildman–Crippen LogP) is 2.82. The molecule has 0 radical (unpaired) electrons. The molecule has 1 aromatic carbocycles. The monoisotopic (exact) mass is 394 g/mol. The van der Waals surface area contributed by atoms with Crippen LogP contribution < -0.4 is 11.2 Å². The number of nitrogen functional groups attached to an aromatic ring is 1. The molecule has 2 aromatic rings. The van der Waals surface area contributed by atoms with Crippen molar-refractivity contribution in [2.45, 2.75) is 43.2 Å². The first-order valence-electron chi connectivity index (χ1n) is 8.52. The SMILES string of the molecule is Nn1c(SCC(=O)Nc2ccc(F)c([N+](=O)[O-])c2)nnc1C1CCCCC1. The van der Waals surface area contributed by atoms with Crippen molar-refractivity contribution in [1.82, 2.24) is 14.9 Å². The molecule has 1 fully saturated rings. The molecular formula is C16H19FN6O3S. The average molecular weight is 394 g/mol. The van der Waals surface area contributed by atoms with Crippen LogP contribution in [-0.2, 0) is 4.79 Å². The Kier molecular flexibility index (Phi) is 5.89. The number of carbonyl (C=O) groups excluding carboxylic acids is 1. The Labute approximate surface area is 158 Å². The van der Waals surface area contributed by atoms with Gasteiger partial charge in [-0.3, -0.25) is 14.9 Å². The number of nitro benzene ring substituents is 1. The first kappa shape index (κ1) is 19.1. The molecule has 144 valence electrons. The third kappa shape index (κ3) is 4.54. The smallest absolute Gasteiger partial charge is 0.306 e. The minimum absolute atomic E-state index is 0.00876. The van der Waals surface area contributed by atoms with Gasteiger partial charge in [-0.15, -0.1) is 10.2 Å². The Bertz CT molecular complexity index is 853. The van der Waals surface area contributed by atoms with Gasteiger partial charge in [0.25, 0.3) is 0 Å². The maximum Gasteiger partial charge on any atom is 0.306 e. The lowest BCUT2D eigenvalue weighted by Gasteiger charge is -2.20. The molecule has 0 unspecified atom stereocenters. The topological polar surface area (TPSA) is 129 Å². The van der Waals surface area contributed by atoms with E-state index in [1.165, 1.54) is 17.2 Å². The number of anilines is 1. The van der Waals surface area contributed by atoms with Crippen molar-refractivity contribution in [3.8, 4) is 0 Å². The molecule has 9 nitrogen and oxygen atoms in total. The lowest BCUT2D eigenvalue weighted by molar-refractivity contribution is -0.387. The molecule has 0 aliphatic heterocycles. The van der Waals surface area contributed by atoms with E-state index in [0.717, 1.165) is 55.4 Å². The normalized spacial score (nSPS) is 14.9. The summed E-state index contributed by atoms with van der Waals surface area (Å²) in [4.78, 5) is 22.0. The van der Waals surface area contributed by atoms with E-state index in [-0.39, 0.29) is 11.4 Å². The number of hydrogen-bond acceptors (Lipinski definition) is 7. The molecule has 0 bridgehead atoms. The Balaban J connectivity index is 1.59. The van der Waals surface area contributed by atoms with E-state index in [2.05, 4.69) is 15.5 Å². The number of nitrogens with two attached hydrogens (primary N) is 1. The van der Waals surface area contributed by atoms with Crippen molar-refractivity contribution in [2.24, 2.45) is 0 Å². The third-order valence-corrected chi connectivity index (χ3v) is 5.36. The molecule has 3 N–H and O–H groups in total. The molecule has 1 amide bonds. The zero-order valence-electron chi connectivity index (χ0n) is 14.4. The fourth-order valence-electron chi connectivity index (χ4n) is 3.08. The van der Waals surface area contributed by atoms with Crippen LogP contribution in [0.3, 0.4) is 0 Å². The molecule has 1 heterocycles. The Morgan fingerprint density at radius 3 is 2.81 bits per heavy atom. The van der Waals surface area contributed by atoms with Gasteiger partial charge in [0.15, 0.2) is 5.82 Å². The van der Waals surface area contributed by atoms with Crippen LogP contribution in [0, 0.1) is 15.9 Å². The maximum atomic E-state index is 13.3. The summed E-state index contributed by atoms with van der Waals surface area (Å²) >= 11 is 1.12. The van der Waals surface area contributed by atoms with Gasteiger partial charge >= 0.3 is 5.69 Å². The Hall–Kier alpha value is -2.69. The highest BCUT2D eigenvalue weighted by Gasteiger charge is 2.23. The number of nitrogens with one attached hydrogen (secondary N) is 1. The van der Waals surface area contributed by atoms with Crippen molar-refractivity contribution < 1.29 is 14.1 Å². The summed E-state index contributed by atoms with van der Waals surface area (Å²) in [5.41, 5.74) is -0.551. The van der Waals surface area contributed by atoms with Gasteiger partial charge in [-0.1, -0.05) is 31.0 Å². The number of amides is 1. The van der Waals surface area contributed by atoms with Crippen molar-refractivity contribution in [2.75, 3.05) is 16.9 Å². The summed E-state index contributed by atoms with van der Waals surface area (Å²) < 4.78 is 14.8. The first-order valence-corrected chi connectivity index (χ1v) is 9.51. The highest BCUT2D eigenvalue weighted by Crippen LogP contribution is 2.32. The fraction of sp³-hybridized carbons (Fsp3) is 0.438. The van der Waals surface area contributed by atoms with E-state index < -0.39 is 22.3 Å². The van der Waals surface area contributed by atoms with E-state index >= 15 is 0 Å². The summed E-state index contributed by atoms with van der Waals surface area (Å²) in [7, 11) is 0. The van der Waals surface area contributed by atoms with E-state index in [1.807, 2.05) is 0 Å². The summed E-state index contributed by atoms with van der Waals surface area (Å²) in [6.07, 6.45) is 5.57. The minimum atomic E-state index is -0.959. The van der Waals surface area contributed by atoms with Crippen LogP contribution >= 0.6 is 11.8 Å². The number of hydrogen-bond donors (Lipinski definition) is 2. The van der Waals surface area contributed by atoms with Gasteiger partial charge in [-0.05, 0) is 25.0 Å². The van der Waals surface area contributed by atoms with Gasteiger partial charge in [-0.25, -0.2) is 4.68 Å². The Morgan fingerprint density at radius 1 is 1.37 bits per heavy atom. The molecule has 1 saturated carbocycles. The van der Waals surface area contributed by atoms with Gasteiger partial charge in [0, 0.05) is 17.7 Å². The zero-order chi connectivity index (χ0) is 19.4. The molecule has 0 spiro atoms. The van der Waals surface area contributed by atoms with Crippen molar-refractivity contribution in [1.29, 1.82) is 0 Å². The van der Waals surface area contributed by atoms with E-state index in [0.29, 0.717) is 11.1 Å². The standard InChI is InChI=1S/C16H19FN6O3S/c17-12-7-6-11(8-13(12)23(25)26)19-14(24)9-27-16-21-20-15(22(16)18)10-4-2-1-3-5-10/h6-8,10H,1-5,9,18H2,(H,19,24). The van der Waals surface area contributed by atoms with Gasteiger partial charge in [0.1, 0.15) is 0 Å². The lowest BCUT2D eigenvalue weighted by Crippen LogP contribution is -2.19. The number of nitrogens with zero attached hydrogens (tertiary/aromatic N) is 4. The second-order valence-corrected chi connectivity index (χ2v) is 7.25. The molecular weight excluding hydrogens is 375 g/mol. The van der Waals surface area contributed by atoms with Crippen LogP contribution in [0.25, 0.3) is 0 Å². The van der Waals surface area contributed by atoms with Crippen LogP contribution in [-0.4, -0.2) is 31.5 Å². The van der Waals surface area contributed by atoms with Gasteiger partial charge in [-0.2, -0.15) is 4.39 Å². The van der Waals surface area contributed by atoms with E-state index in [4.69, 9.17) is 5.84 Å². The van der Waals surface area contributed by atoms with Crippen LogP contribution in [0.2, 0.25) is 0 Å². The quantitative estimate of drug-likeness (QED) is 0.333. The van der Waals surface area contributed by atoms with Crippen molar-refractivity contribution >= 4 is 29.0 Å². The molecule has 3 rings (SSSR count). The molecule has 1 aliphatic rings. The van der Waals surface area contributed by atoms with Crippen molar-refractivity contribution in [3.05, 3.63) is 40.0 Å². The number of benzene rings is 1. The average Bonchev–Trinajstić information content (AvgIpc) is 3.02. The highest BCUT2D eigenvalue weighted by atomic mass is 32.2. The van der Waals surface area contributed by atoms with E-state index in [9.17, 15) is 19.3 Å². The second-order valence-electron chi connectivity index (χ2n) is 6.31. The largest absolute Gasteiger partial charge is 0.336 e. The van der Waals surface area contributed by atoms with Crippen LogP contribution in [0.4, 0.5) is 15.8 Å². The van der Waals surface area contributed by atoms with Crippen LogP contribution in [0.15, 0.2) is 23.4 Å². The maximum absolute atomic E-state index is 13.3. The number of nitro groups is 1. The lowest BCUT2D eigenvalue weighted by atomic mass is 9.89. The van der Waals surface area contributed by atoms with E-state index in [1.54, 1.807) is 0 Å². The summed E-state index contributed by atoms with van der Waals surface area (Å²) in [5.74, 6) is 5.70. The number of carbonyl (C=O) groups is 1. The fourth-order valence-corrected chi connectivity index (χ4v) is 3.75. The minimum Gasteiger partial charge on any atom is -0.336 e. The number of halogens is 1. The number of thioether (sulfide) groups is 1. The first-order chi connectivity index (χ1) is 13.0. The van der Waals surface area contributed by atoms with Crippen LogP contribution in [0.1, 0.15) is 43.8 Å². The molecule has 0 atom stereocenters. The molecule has 0 saturated heterocycles. The summed E-state index contributed by atoms with van der Waals surface area (Å²) in [6, 6.07) is 3.18. The van der Waals surface area contributed by atoms with Crippen molar-refractivity contribution in [3.63, 3.8) is 0 Å². The Morgan fingerprint density at radius 2 is 2.11 bits per heavy atom. The molecule has 11 heteroatoms. The molecule has 27 heavy (non-hydrogen) atoms. The van der Waals surface area contributed by atoms with Gasteiger partial charge in [0.05, 0.1) is 10.7 Å². The predicted molar refractivity (Wildman–Crippen MR) is 98.4 cm³/mol.